The van der Waals surface area contributed by atoms with Crippen molar-refractivity contribution >= 4 is 0 Å². The highest BCUT2D eigenvalue weighted by molar-refractivity contribution is 4.65. The van der Waals surface area contributed by atoms with Crippen molar-refractivity contribution < 1.29 is 9.84 Å². The maximum absolute atomic E-state index is 9.79. The van der Waals surface area contributed by atoms with E-state index in [-0.39, 0.29) is 6.10 Å². The van der Waals surface area contributed by atoms with Crippen LogP contribution in [0.15, 0.2) is 0 Å². The van der Waals surface area contributed by atoms with E-state index in [4.69, 9.17) is 4.74 Å². The average molecular weight is 202 g/mol. The minimum absolute atomic E-state index is 0.151. The lowest BCUT2D eigenvalue weighted by molar-refractivity contribution is 0.0862. The topological polar surface area (TPSA) is 29.5 Å². The molecule has 3 atom stereocenters. The van der Waals surface area contributed by atoms with Gasteiger partial charge in [-0.15, -0.1) is 0 Å². The Balaban J connectivity index is 3.57. The lowest BCUT2D eigenvalue weighted by Crippen LogP contribution is -2.17. The third-order valence-corrected chi connectivity index (χ3v) is 2.58. The first-order valence-electron chi connectivity index (χ1n) is 5.77. The van der Waals surface area contributed by atoms with E-state index < -0.39 is 0 Å². The lowest BCUT2D eigenvalue weighted by Gasteiger charge is -2.19. The van der Waals surface area contributed by atoms with Crippen molar-refractivity contribution in [3.05, 3.63) is 0 Å². The Morgan fingerprint density at radius 3 is 2.21 bits per heavy atom. The normalized spacial score (nSPS) is 17.8. The van der Waals surface area contributed by atoms with Crippen LogP contribution in [0, 0.1) is 11.8 Å². The van der Waals surface area contributed by atoms with Gasteiger partial charge in [-0.3, -0.25) is 0 Å². The molecule has 0 rings (SSSR count). The summed E-state index contributed by atoms with van der Waals surface area (Å²) in [5.74, 6) is 1.11. The lowest BCUT2D eigenvalue weighted by atomic mass is 9.94. The van der Waals surface area contributed by atoms with Crippen LogP contribution in [0.5, 0.6) is 0 Å². The summed E-state index contributed by atoms with van der Waals surface area (Å²) in [6.07, 6.45) is 4.07. The van der Waals surface area contributed by atoms with E-state index in [1.807, 2.05) is 0 Å². The summed E-state index contributed by atoms with van der Waals surface area (Å²) in [6.45, 7) is 7.28. The van der Waals surface area contributed by atoms with Crippen LogP contribution in [0.3, 0.4) is 0 Å². The monoisotopic (exact) mass is 202 g/mol. The van der Waals surface area contributed by atoms with Gasteiger partial charge in [0, 0.05) is 13.7 Å². The molecule has 0 fully saturated rings. The molecule has 0 aliphatic heterocycles. The van der Waals surface area contributed by atoms with Gasteiger partial charge in [-0.1, -0.05) is 33.6 Å². The van der Waals surface area contributed by atoms with Crippen LogP contribution in [0.1, 0.15) is 46.5 Å². The first kappa shape index (κ1) is 13.9. The van der Waals surface area contributed by atoms with Crippen LogP contribution in [0.4, 0.5) is 0 Å². The quantitative estimate of drug-likeness (QED) is 0.656. The Morgan fingerprint density at radius 1 is 1.14 bits per heavy atom. The van der Waals surface area contributed by atoms with Crippen molar-refractivity contribution in [2.24, 2.45) is 11.8 Å². The van der Waals surface area contributed by atoms with Crippen LogP contribution in [0.2, 0.25) is 0 Å². The summed E-state index contributed by atoms with van der Waals surface area (Å²) in [6, 6.07) is 0. The molecular formula is C12H26O2. The molecule has 0 saturated heterocycles. The predicted octanol–water partition coefficient (Wildman–Crippen LogP) is 2.85. The molecule has 2 heteroatoms. The van der Waals surface area contributed by atoms with Gasteiger partial charge in [-0.05, 0) is 24.7 Å². The molecule has 0 amide bonds. The largest absolute Gasteiger partial charge is 0.393 e. The molecule has 0 aromatic rings. The Morgan fingerprint density at radius 2 is 1.71 bits per heavy atom. The van der Waals surface area contributed by atoms with Gasteiger partial charge in [0.15, 0.2) is 0 Å². The van der Waals surface area contributed by atoms with Gasteiger partial charge in [0.1, 0.15) is 0 Å². The van der Waals surface area contributed by atoms with Gasteiger partial charge < -0.3 is 9.84 Å². The molecule has 0 saturated carbocycles. The molecule has 0 aromatic carbocycles. The second-order valence-corrected chi connectivity index (χ2v) is 4.58. The highest BCUT2D eigenvalue weighted by Gasteiger charge is 2.13. The van der Waals surface area contributed by atoms with E-state index in [0.29, 0.717) is 11.8 Å². The number of aliphatic hydroxyl groups excluding tert-OH is 1. The summed E-state index contributed by atoms with van der Waals surface area (Å²) >= 11 is 0. The average Bonchev–Trinajstić information content (AvgIpc) is 2.03. The van der Waals surface area contributed by atoms with Crippen molar-refractivity contribution in [1.29, 1.82) is 0 Å². The fourth-order valence-corrected chi connectivity index (χ4v) is 1.99. The van der Waals surface area contributed by atoms with E-state index >= 15 is 0 Å². The Kier molecular flexibility index (Phi) is 8.20. The van der Waals surface area contributed by atoms with Gasteiger partial charge in [0.05, 0.1) is 6.10 Å². The van der Waals surface area contributed by atoms with E-state index in [1.165, 1.54) is 12.8 Å². The molecular weight excluding hydrogens is 176 g/mol. The van der Waals surface area contributed by atoms with Crippen LogP contribution in [-0.2, 0) is 4.74 Å². The Hall–Kier alpha value is -0.0800. The molecule has 0 aromatic heterocycles. The SMILES string of the molecule is CCCC(C)CC(O)CC(C)COC. The highest BCUT2D eigenvalue weighted by atomic mass is 16.5. The second-order valence-electron chi connectivity index (χ2n) is 4.58. The van der Waals surface area contributed by atoms with Crippen molar-refractivity contribution in [2.45, 2.75) is 52.6 Å². The molecule has 1 N–H and O–H groups in total. The third-order valence-electron chi connectivity index (χ3n) is 2.58. The van der Waals surface area contributed by atoms with Crippen molar-refractivity contribution in [2.75, 3.05) is 13.7 Å². The van der Waals surface area contributed by atoms with Crippen molar-refractivity contribution in [3.8, 4) is 0 Å². The smallest absolute Gasteiger partial charge is 0.0546 e. The zero-order chi connectivity index (χ0) is 11.0. The molecule has 0 spiro atoms. The summed E-state index contributed by atoms with van der Waals surface area (Å²) in [5.41, 5.74) is 0. The number of methoxy groups -OCH3 is 1. The molecule has 0 heterocycles. The summed E-state index contributed by atoms with van der Waals surface area (Å²) in [7, 11) is 1.71. The molecule has 0 aliphatic rings. The van der Waals surface area contributed by atoms with E-state index in [1.54, 1.807) is 7.11 Å². The maximum Gasteiger partial charge on any atom is 0.0546 e. The predicted molar refractivity (Wildman–Crippen MR) is 60.4 cm³/mol. The zero-order valence-corrected chi connectivity index (χ0v) is 10.1. The molecule has 3 unspecified atom stereocenters. The minimum Gasteiger partial charge on any atom is -0.393 e. The van der Waals surface area contributed by atoms with E-state index in [2.05, 4.69) is 20.8 Å². The zero-order valence-electron chi connectivity index (χ0n) is 10.1. The number of hydrogen-bond acceptors (Lipinski definition) is 2. The minimum atomic E-state index is -0.151. The van der Waals surface area contributed by atoms with Crippen LogP contribution < -0.4 is 0 Å². The summed E-state index contributed by atoms with van der Waals surface area (Å²) < 4.78 is 5.05. The fraction of sp³-hybridized carbons (Fsp3) is 1.00. The Labute approximate surface area is 88.7 Å². The van der Waals surface area contributed by atoms with Crippen LogP contribution in [-0.4, -0.2) is 24.9 Å². The van der Waals surface area contributed by atoms with E-state index in [0.717, 1.165) is 19.4 Å². The number of hydrogen-bond donors (Lipinski definition) is 1. The molecule has 2 nitrogen and oxygen atoms in total. The van der Waals surface area contributed by atoms with Crippen LogP contribution in [0.25, 0.3) is 0 Å². The fourth-order valence-electron chi connectivity index (χ4n) is 1.99. The van der Waals surface area contributed by atoms with Gasteiger partial charge in [-0.2, -0.15) is 0 Å². The number of ether oxygens (including phenoxy) is 1. The first-order valence-corrected chi connectivity index (χ1v) is 5.77. The molecule has 0 bridgehead atoms. The van der Waals surface area contributed by atoms with Gasteiger partial charge in [0.2, 0.25) is 0 Å². The molecule has 0 aliphatic carbocycles. The van der Waals surface area contributed by atoms with Crippen LogP contribution >= 0.6 is 0 Å². The first-order chi connectivity index (χ1) is 6.60. The molecule has 86 valence electrons. The van der Waals surface area contributed by atoms with E-state index in [9.17, 15) is 5.11 Å². The van der Waals surface area contributed by atoms with Crippen molar-refractivity contribution in [1.82, 2.24) is 0 Å². The molecule has 0 radical (unpaired) electrons. The maximum atomic E-state index is 9.79. The second kappa shape index (κ2) is 8.25. The summed E-state index contributed by atoms with van der Waals surface area (Å²) in [4.78, 5) is 0. The highest BCUT2D eigenvalue weighted by Crippen LogP contribution is 2.17. The van der Waals surface area contributed by atoms with Gasteiger partial charge >= 0.3 is 0 Å². The summed E-state index contributed by atoms with van der Waals surface area (Å²) in [5, 5.41) is 9.79. The van der Waals surface area contributed by atoms with Gasteiger partial charge in [-0.25, -0.2) is 0 Å². The number of rotatable bonds is 8. The van der Waals surface area contributed by atoms with Crippen molar-refractivity contribution in [3.63, 3.8) is 0 Å². The third kappa shape index (κ3) is 7.34. The Bertz CT molecular complexity index is 111. The molecule has 14 heavy (non-hydrogen) atoms. The number of aliphatic hydroxyl groups is 1. The standard InChI is InChI=1S/C12H26O2/c1-5-6-10(2)7-12(13)8-11(3)9-14-4/h10-13H,5-9H2,1-4H3. The van der Waals surface area contributed by atoms with Gasteiger partial charge in [0.25, 0.3) is 0 Å².